The number of carbonyl (C=O) groups excluding carboxylic acids is 2. The molecular formula is C33H34FN5O5S. The van der Waals surface area contributed by atoms with Gasteiger partial charge in [-0.05, 0) is 59.8 Å². The van der Waals surface area contributed by atoms with Gasteiger partial charge in [-0.3, -0.25) is 4.79 Å². The Morgan fingerprint density at radius 1 is 1.11 bits per heavy atom. The highest BCUT2D eigenvalue weighted by Crippen LogP contribution is 2.39. The van der Waals surface area contributed by atoms with E-state index in [0.29, 0.717) is 36.5 Å². The van der Waals surface area contributed by atoms with Crippen LogP contribution in [0.5, 0.6) is 5.75 Å². The summed E-state index contributed by atoms with van der Waals surface area (Å²) in [5.41, 5.74) is 5.75. The fraction of sp³-hybridized carbons (Fsp3) is 0.333. The summed E-state index contributed by atoms with van der Waals surface area (Å²) >= 11 is 1.56. The van der Waals surface area contributed by atoms with E-state index in [1.807, 2.05) is 11.4 Å². The summed E-state index contributed by atoms with van der Waals surface area (Å²) in [6.45, 7) is 7.06. The van der Waals surface area contributed by atoms with E-state index in [4.69, 9.17) is 14.2 Å². The first-order valence-electron chi connectivity index (χ1n) is 14.9. The van der Waals surface area contributed by atoms with Crippen LogP contribution in [0.1, 0.15) is 17.5 Å². The second-order valence-corrected chi connectivity index (χ2v) is 11.7. The molecule has 12 heteroatoms. The highest BCUT2D eigenvalue weighted by atomic mass is 32.1. The molecule has 4 heterocycles. The molecule has 2 amide bonds. The van der Waals surface area contributed by atoms with Crippen LogP contribution in [0, 0.1) is 5.82 Å². The van der Waals surface area contributed by atoms with E-state index in [2.05, 4.69) is 45.6 Å². The van der Waals surface area contributed by atoms with Gasteiger partial charge in [0.15, 0.2) is 0 Å². The Labute approximate surface area is 264 Å². The maximum absolute atomic E-state index is 14.3. The van der Waals surface area contributed by atoms with Crippen molar-refractivity contribution in [3.8, 4) is 28.3 Å². The molecule has 2 aromatic heterocycles. The number of nitrogens with one attached hydrogen (secondary N) is 2. The topological polar surface area (TPSA) is 115 Å². The zero-order chi connectivity index (χ0) is 31.2. The van der Waals surface area contributed by atoms with Crippen LogP contribution in [0.3, 0.4) is 0 Å². The lowest BCUT2D eigenvalue weighted by Gasteiger charge is -2.18. The van der Waals surface area contributed by atoms with Gasteiger partial charge in [-0.2, -0.15) is 0 Å². The summed E-state index contributed by atoms with van der Waals surface area (Å²) in [5.74, 6) is -0.252. The minimum Gasteiger partial charge on any atom is -0.490 e. The van der Waals surface area contributed by atoms with E-state index in [1.165, 1.54) is 29.3 Å². The minimum atomic E-state index is -0.562. The van der Waals surface area contributed by atoms with Crippen molar-refractivity contribution in [2.24, 2.45) is 0 Å². The van der Waals surface area contributed by atoms with Crippen molar-refractivity contribution in [2.75, 3.05) is 46.0 Å². The molecule has 2 aromatic carbocycles. The van der Waals surface area contributed by atoms with Crippen LogP contribution in [0.2, 0.25) is 0 Å². The third kappa shape index (κ3) is 7.14. The lowest BCUT2D eigenvalue weighted by Crippen LogP contribution is -2.34. The number of benzene rings is 2. The number of halogens is 1. The van der Waals surface area contributed by atoms with Gasteiger partial charge in [0.2, 0.25) is 5.91 Å². The average molecular weight is 632 g/mol. The molecule has 0 spiro atoms. The smallest absolute Gasteiger partial charge is 0.407 e. The fourth-order valence-electron chi connectivity index (χ4n) is 5.59. The predicted molar refractivity (Wildman–Crippen MR) is 170 cm³/mol. The largest absolute Gasteiger partial charge is 0.490 e. The van der Waals surface area contributed by atoms with E-state index in [0.717, 1.165) is 40.9 Å². The Morgan fingerprint density at radius 2 is 2.00 bits per heavy atom. The third-order valence-corrected chi connectivity index (χ3v) is 8.78. The number of nitrogens with zero attached hydrogens (tertiary/aromatic N) is 3. The molecule has 10 nitrogen and oxygen atoms in total. The van der Waals surface area contributed by atoms with Gasteiger partial charge < -0.3 is 29.7 Å². The molecule has 0 bridgehead atoms. The number of hydrogen-bond donors (Lipinski definition) is 2. The average Bonchev–Trinajstić information content (AvgIpc) is 3.74. The summed E-state index contributed by atoms with van der Waals surface area (Å²) in [6.07, 6.45) is 1.91. The van der Waals surface area contributed by atoms with E-state index in [-0.39, 0.29) is 38.4 Å². The first kappa shape index (κ1) is 30.6. The number of likely N-dealkylation sites (tertiary alicyclic amines) is 1. The zero-order valence-electron chi connectivity index (χ0n) is 24.7. The van der Waals surface area contributed by atoms with E-state index in [1.54, 1.807) is 22.3 Å². The molecular weight excluding hydrogens is 597 g/mol. The predicted octanol–water partition coefficient (Wildman–Crippen LogP) is 4.72. The molecule has 2 aliphatic heterocycles. The van der Waals surface area contributed by atoms with E-state index >= 15 is 0 Å². The quantitative estimate of drug-likeness (QED) is 0.181. The first-order valence-corrected chi connectivity index (χ1v) is 15.8. The normalized spacial score (nSPS) is 15.9. The summed E-state index contributed by atoms with van der Waals surface area (Å²) < 4.78 is 32.1. The Balaban J connectivity index is 1.03. The van der Waals surface area contributed by atoms with Crippen molar-refractivity contribution in [3.63, 3.8) is 0 Å². The molecule has 1 atom stereocenters. The maximum atomic E-state index is 14.3. The van der Waals surface area contributed by atoms with Crippen LogP contribution >= 0.6 is 11.3 Å². The number of ether oxygens (including phenoxy) is 3. The molecule has 0 aliphatic carbocycles. The number of hydrogen-bond acceptors (Lipinski definition) is 9. The second kappa shape index (κ2) is 14.1. The van der Waals surface area contributed by atoms with Crippen LogP contribution in [0.25, 0.3) is 32.6 Å². The van der Waals surface area contributed by atoms with Gasteiger partial charge in [-0.15, -0.1) is 21.5 Å². The van der Waals surface area contributed by atoms with E-state index in [9.17, 15) is 14.0 Å². The van der Waals surface area contributed by atoms with Crippen molar-refractivity contribution in [1.29, 1.82) is 0 Å². The van der Waals surface area contributed by atoms with Gasteiger partial charge in [0.05, 0.1) is 24.5 Å². The summed E-state index contributed by atoms with van der Waals surface area (Å²) in [5, 5.41) is 18.3. The number of aromatic nitrogens is 2. The SMILES string of the molecule is C=CC(=O)N1CC[C@@H](OC(=O)NCCOCCOc2cc(F)ccc2-c2nnc(-c3ccc4c(c3)CCNC4)c3ccsc23)C1. The van der Waals surface area contributed by atoms with Crippen molar-refractivity contribution in [1.82, 2.24) is 25.7 Å². The fourth-order valence-corrected chi connectivity index (χ4v) is 6.48. The number of alkyl carbamates (subject to hydrolysis) is 1. The van der Waals surface area contributed by atoms with Gasteiger partial charge in [0, 0.05) is 48.6 Å². The molecule has 2 aliphatic rings. The lowest BCUT2D eigenvalue weighted by molar-refractivity contribution is -0.125. The van der Waals surface area contributed by atoms with Gasteiger partial charge in [-0.1, -0.05) is 18.7 Å². The Kier molecular flexibility index (Phi) is 9.63. The molecule has 1 fully saturated rings. The Bertz CT molecular complexity index is 1710. The van der Waals surface area contributed by atoms with Crippen LogP contribution < -0.4 is 15.4 Å². The number of fused-ring (bicyclic) bond motifs is 2. The third-order valence-electron chi connectivity index (χ3n) is 7.86. The van der Waals surface area contributed by atoms with Gasteiger partial charge >= 0.3 is 6.09 Å². The summed E-state index contributed by atoms with van der Waals surface area (Å²) in [7, 11) is 0. The zero-order valence-corrected chi connectivity index (χ0v) is 25.5. The number of carbonyl (C=O) groups is 2. The minimum absolute atomic E-state index is 0.166. The maximum Gasteiger partial charge on any atom is 0.407 e. The number of rotatable bonds is 11. The molecule has 0 saturated carbocycles. The Morgan fingerprint density at radius 3 is 2.89 bits per heavy atom. The molecule has 45 heavy (non-hydrogen) atoms. The molecule has 234 valence electrons. The molecule has 1 saturated heterocycles. The van der Waals surface area contributed by atoms with Crippen LogP contribution in [0.15, 0.2) is 60.5 Å². The van der Waals surface area contributed by atoms with Crippen LogP contribution in [-0.2, 0) is 27.2 Å². The van der Waals surface area contributed by atoms with Crippen LogP contribution in [-0.4, -0.2) is 79.2 Å². The van der Waals surface area contributed by atoms with Crippen molar-refractivity contribution < 1.29 is 28.2 Å². The van der Waals surface area contributed by atoms with Crippen molar-refractivity contribution >= 4 is 33.4 Å². The Hall–Kier alpha value is -4.39. The molecule has 6 rings (SSSR count). The highest BCUT2D eigenvalue weighted by Gasteiger charge is 2.27. The van der Waals surface area contributed by atoms with Crippen molar-refractivity contribution in [3.05, 3.63) is 77.4 Å². The lowest BCUT2D eigenvalue weighted by atomic mass is 9.96. The van der Waals surface area contributed by atoms with Crippen LogP contribution in [0.4, 0.5) is 9.18 Å². The van der Waals surface area contributed by atoms with Gasteiger partial charge in [0.25, 0.3) is 0 Å². The molecule has 0 radical (unpaired) electrons. The number of thiophene rings is 1. The summed E-state index contributed by atoms with van der Waals surface area (Å²) in [4.78, 5) is 25.3. The molecule has 4 aromatic rings. The number of amides is 2. The van der Waals surface area contributed by atoms with Gasteiger partial charge in [-0.25, -0.2) is 9.18 Å². The molecule has 2 N–H and O–H groups in total. The first-order chi connectivity index (χ1) is 22.0. The molecule has 0 unspecified atom stereocenters. The monoisotopic (exact) mass is 631 g/mol. The standard InChI is InChI=1S/C33H34FN5O5S/c1-2-29(40)39-12-8-25(20-39)44-33(41)36-11-13-42-14-15-43-28-18-24(34)5-6-26(28)31-32-27(9-16-45-32)30(37-38-31)22-3-4-23-19-35-10-7-21(23)17-22/h2-6,9,16-18,25,35H,1,7-8,10-15,19-20H2,(H,36,41)/t25-/m1/s1. The summed E-state index contributed by atoms with van der Waals surface area (Å²) in [6, 6.07) is 12.9. The van der Waals surface area contributed by atoms with E-state index < -0.39 is 11.9 Å². The highest BCUT2D eigenvalue weighted by molar-refractivity contribution is 7.17. The second-order valence-electron chi connectivity index (χ2n) is 10.8. The van der Waals surface area contributed by atoms with Gasteiger partial charge in [0.1, 0.15) is 35.7 Å². The van der Waals surface area contributed by atoms with Crippen molar-refractivity contribution in [2.45, 2.75) is 25.5 Å².